The van der Waals surface area contributed by atoms with Gasteiger partial charge in [0.1, 0.15) is 24.2 Å². The second-order valence-corrected chi connectivity index (χ2v) is 11.8. The summed E-state index contributed by atoms with van der Waals surface area (Å²) in [5.74, 6) is -1.43. The molecule has 0 fully saturated rings. The molecule has 3 heterocycles. The van der Waals surface area contributed by atoms with Gasteiger partial charge in [-0.2, -0.15) is 0 Å². The number of hydrogen-bond acceptors (Lipinski definition) is 7. The molecule has 1 unspecified atom stereocenters. The lowest BCUT2D eigenvalue weighted by molar-refractivity contribution is -0.113. The number of thiazole rings is 1. The van der Waals surface area contributed by atoms with E-state index < -0.39 is 17.7 Å². The van der Waals surface area contributed by atoms with Gasteiger partial charge in [0.2, 0.25) is 0 Å². The molecule has 1 aliphatic rings. The summed E-state index contributed by atoms with van der Waals surface area (Å²) < 4.78 is 40.5. The zero-order valence-corrected chi connectivity index (χ0v) is 25.2. The lowest BCUT2D eigenvalue weighted by atomic mass is 10.0. The van der Waals surface area contributed by atoms with Crippen molar-refractivity contribution in [1.82, 2.24) is 4.57 Å². The Morgan fingerprint density at radius 2 is 1.84 bits per heavy atom. The van der Waals surface area contributed by atoms with Crippen LogP contribution in [0.3, 0.4) is 0 Å². The number of nitrogens with zero attached hydrogens (tertiary/aromatic N) is 2. The van der Waals surface area contributed by atoms with Crippen molar-refractivity contribution in [3.63, 3.8) is 0 Å². The number of amides is 1. The number of carbonyl (C=O) groups is 1. The maximum atomic E-state index is 14.1. The van der Waals surface area contributed by atoms with E-state index in [1.165, 1.54) is 35.8 Å². The third-order valence-corrected chi connectivity index (χ3v) is 8.90. The fourth-order valence-corrected chi connectivity index (χ4v) is 6.82. The fraction of sp³-hybridized carbons (Fsp3) is 0.121. The standard InChI is InChI=1S/C33H25F2N3O4S2/c1-19-29(31(39)37-23-7-4-3-5-8-23)30(27-9-6-14-43-27)38-32(40)28(44-33(38)36-19)16-20-10-12-25(41-2)21(15-20)18-42-26-13-11-22(34)17-24(26)35/h3-17,30H,18H2,1-2H3,(H,37,39)/b28-16-. The van der Waals surface area contributed by atoms with Gasteiger partial charge in [0, 0.05) is 22.2 Å². The summed E-state index contributed by atoms with van der Waals surface area (Å²) in [6.45, 7) is 1.73. The minimum absolute atomic E-state index is 0.0495. The maximum absolute atomic E-state index is 14.1. The molecule has 222 valence electrons. The van der Waals surface area contributed by atoms with Gasteiger partial charge < -0.3 is 14.8 Å². The minimum Gasteiger partial charge on any atom is -0.496 e. The lowest BCUT2D eigenvalue weighted by Gasteiger charge is -2.24. The highest BCUT2D eigenvalue weighted by Gasteiger charge is 2.33. The van der Waals surface area contributed by atoms with Crippen LogP contribution in [0.2, 0.25) is 0 Å². The van der Waals surface area contributed by atoms with E-state index >= 15 is 0 Å². The number of benzene rings is 3. The van der Waals surface area contributed by atoms with Crippen molar-refractivity contribution in [3.8, 4) is 11.5 Å². The van der Waals surface area contributed by atoms with E-state index in [0.29, 0.717) is 43.2 Å². The number of rotatable bonds is 8. The SMILES string of the molecule is COc1ccc(/C=c2\sc3n(c2=O)C(c2cccs2)C(C(=O)Nc2ccccc2)=C(C)N=3)cc1COc1ccc(F)cc1F. The summed E-state index contributed by atoms with van der Waals surface area (Å²) in [7, 11) is 1.51. The quantitative estimate of drug-likeness (QED) is 0.235. The number of methoxy groups -OCH3 is 1. The molecule has 0 saturated heterocycles. The van der Waals surface area contributed by atoms with Gasteiger partial charge in [-0.3, -0.25) is 14.2 Å². The van der Waals surface area contributed by atoms with Crippen LogP contribution in [0.5, 0.6) is 11.5 Å². The zero-order valence-electron chi connectivity index (χ0n) is 23.5. The first-order chi connectivity index (χ1) is 21.3. The molecule has 3 aromatic carbocycles. The van der Waals surface area contributed by atoms with Gasteiger partial charge in [-0.25, -0.2) is 13.8 Å². The molecule has 7 nitrogen and oxygen atoms in total. The van der Waals surface area contributed by atoms with E-state index in [1.807, 2.05) is 35.7 Å². The maximum Gasteiger partial charge on any atom is 0.271 e. The molecule has 11 heteroatoms. The second-order valence-electron chi connectivity index (χ2n) is 9.85. The van der Waals surface area contributed by atoms with Crippen LogP contribution >= 0.6 is 22.7 Å². The molecule has 0 saturated carbocycles. The van der Waals surface area contributed by atoms with E-state index in [9.17, 15) is 18.4 Å². The summed E-state index contributed by atoms with van der Waals surface area (Å²) in [6, 6.07) is 20.7. The van der Waals surface area contributed by atoms with Crippen molar-refractivity contribution in [2.45, 2.75) is 19.6 Å². The predicted octanol–water partition coefficient (Wildman–Crippen LogP) is 5.80. The van der Waals surface area contributed by atoms with Crippen molar-refractivity contribution >= 4 is 40.3 Å². The van der Waals surface area contributed by atoms with Gasteiger partial charge in [0.25, 0.3) is 11.5 Å². The van der Waals surface area contributed by atoms with Gasteiger partial charge in [0.15, 0.2) is 16.4 Å². The van der Waals surface area contributed by atoms with E-state index in [4.69, 9.17) is 9.47 Å². The third kappa shape index (κ3) is 5.84. The Hall–Kier alpha value is -4.87. The van der Waals surface area contributed by atoms with Gasteiger partial charge in [-0.1, -0.05) is 41.7 Å². The Balaban J connectivity index is 1.37. The number of para-hydroxylation sites is 1. The van der Waals surface area contributed by atoms with Gasteiger partial charge in [-0.05, 0) is 66.4 Å². The zero-order chi connectivity index (χ0) is 30.8. The Labute approximate surface area is 258 Å². The Bertz CT molecular complexity index is 2070. The van der Waals surface area contributed by atoms with Gasteiger partial charge in [-0.15, -0.1) is 11.3 Å². The first-order valence-electron chi connectivity index (χ1n) is 13.5. The summed E-state index contributed by atoms with van der Waals surface area (Å²) in [5, 5.41) is 4.85. The number of ether oxygens (including phenoxy) is 2. The highest BCUT2D eigenvalue weighted by molar-refractivity contribution is 7.10. The van der Waals surface area contributed by atoms with Crippen molar-refractivity contribution in [2.24, 2.45) is 4.99 Å². The number of anilines is 1. The fourth-order valence-electron chi connectivity index (χ4n) is 4.95. The van der Waals surface area contributed by atoms with Crippen LogP contribution in [0, 0.1) is 11.6 Å². The largest absolute Gasteiger partial charge is 0.496 e. The Kier molecular flexibility index (Phi) is 8.23. The van der Waals surface area contributed by atoms with E-state index in [-0.39, 0.29) is 23.8 Å². The van der Waals surface area contributed by atoms with Crippen molar-refractivity contribution in [3.05, 3.63) is 143 Å². The van der Waals surface area contributed by atoms with E-state index in [0.717, 1.165) is 17.0 Å². The highest BCUT2D eigenvalue weighted by Crippen LogP contribution is 2.33. The van der Waals surface area contributed by atoms with Gasteiger partial charge >= 0.3 is 0 Å². The first-order valence-corrected chi connectivity index (χ1v) is 15.2. The number of halogens is 2. The highest BCUT2D eigenvalue weighted by atomic mass is 32.1. The Morgan fingerprint density at radius 1 is 1.05 bits per heavy atom. The number of allylic oxidation sites excluding steroid dienone is 1. The number of fused-ring (bicyclic) bond motifs is 1. The van der Waals surface area contributed by atoms with Crippen LogP contribution in [0.4, 0.5) is 14.5 Å². The Morgan fingerprint density at radius 3 is 2.57 bits per heavy atom. The molecule has 5 aromatic rings. The van der Waals surface area contributed by atoms with Crippen molar-refractivity contribution in [1.29, 1.82) is 0 Å². The molecular formula is C33H25F2N3O4S2. The summed E-state index contributed by atoms with van der Waals surface area (Å²) in [4.78, 5) is 33.5. The van der Waals surface area contributed by atoms with Crippen LogP contribution in [-0.2, 0) is 11.4 Å². The smallest absolute Gasteiger partial charge is 0.271 e. The topological polar surface area (TPSA) is 81.9 Å². The summed E-state index contributed by atoms with van der Waals surface area (Å²) in [5.41, 5.74) is 2.56. The first kappa shape index (κ1) is 29.2. The second kappa shape index (κ2) is 12.4. The average Bonchev–Trinajstić information content (AvgIpc) is 3.65. The third-order valence-electron chi connectivity index (χ3n) is 6.99. The number of carbonyl (C=O) groups excluding carboxylic acids is 1. The molecular weight excluding hydrogens is 605 g/mol. The van der Waals surface area contributed by atoms with E-state index in [2.05, 4.69) is 10.3 Å². The molecule has 0 spiro atoms. The summed E-state index contributed by atoms with van der Waals surface area (Å²) >= 11 is 2.69. The van der Waals surface area contributed by atoms with Crippen molar-refractivity contribution in [2.75, 3.05) is 12.4 Å². The predicted molar refractivity (Wildman–Crippen MR) is 167 cm³/mol. The molecule has 1 N–H and O–H groups in total. The van der Waals surface area contributed by atoms with Crippen LogP contribution in [0.15, 0.2) is 105 Å². The number of hydrogen-bond donors (Lipinski definition) is 1. The number of nitrogens with one attached hydrogen (secondary N) is 1. The molecule has 0 bridgehead atoms. The molecule has 6 rings (SSSR count). The average molecular weight is 630 g/mol. The van der Waals surface area contributed by atoms with Crippen LogP contribution < -0.4 is 29.7 Å². The number of thiophene rings is 1. The monoisotopic (exact) mass is 629 g/mol. The van der Waals surface area contributed by atoms with Crippen LogP contribution in [0.1, 0.15) is 29.0 Å². The molecule has 1 amide bonds. The molecule has 1 atom stereocenters. The number of aromatic nitrogens is 1. The van der Waals surface area contributed by atoms with E-state index in [1.54, 1.807) is 47.9 Å². The lowest BCUT2D eigenvalue weighted by Crippen LogP contribution is -2.40. The minimum atomic E-state index is -0.811. The summed E-state index contributed by atoms with van der Waals surface area (Å²) in [6.07, 6.45) is 1.74. The van der Waals surface area contributed by atoms with Crippen molar-refractivity contribution < 1.29 is 23.0 Å². The molecule has 0 radical (unpaired) electrons. The van der Waals surface area contributed by atoms with Gasteiger partial charge in [0.05, 0.1) is 22.9 Å². The molecule has 44 heavy (non-hydrogen) atoms. The van der Waals surface area contributed by atoms with Crippen LogP contribution in [0.25, 0.3) is 6.08 Å². The molecule has 0 aliphatic carbocycles. The molecule has 2 aromatic heterocycles. The molecule has 1 aliphatic heterocycles. The van der Waals surface area contributed by atoms with Crippen LogP contribution in [-0.4, -0.2) is 17.6 Å². The normalized spacial score (nSPS) is 14.6.